The number of unbranched alkanes of at least 4 members (excludes halogenated alkanes) is 1. The maximum Gasteiger partial charge on any atom is 0.0574 e. The lowest BCUT2D eigenvalue weighted by Gasteiger charge is -2.12. The molecule has 0 aliphatic carbocycles. The molecule has 2 heteroatoms. The summed E-state index contributed by atoms with van der Waals surface area (Å²) in [5.74, 6) is 2.55. The molecular weight excluding hydrogens is 160 g/mol. The van der Waals surface area contributed by atoms with Crippen LogP contribution in [0.5, 0.6) is 0 Å². The van der Waals surface area contributed by atoms with E-state index in [1.165, 1.54) is 19.3 Å². The summed E-state index contributed by atoms with van der Waals surface area (Å²) in [4.78, 5) is 0. The van der Waals surface area contributed by atoms with Crippen LogP contribution in [0.25, 0.3) is 0 Å². The molecule has 0 spiro atoms. The molecule has 76 valence electrons. The van der Waals surface area contributed by atoms with Crippen LogP contribution in [-0.2, 0) is 0 Å². The van der Waals surface area contributed by atoms with Crippen LogP contribution in [0.3, 0.4) is 0 Å². The van der Waals surface area contributed by atoms with Crippen LogP contribution in [0.4, 0.5) is 0 Å². The molecule has 0 rings (SSSR count). The zero-order valence-corrected chi connectivity index (χ0v) is 8.90. The molecule has 1 atom stereocenters. The van der Waals surface area contributed by atoms with Crippen molar-refractivity contribution in [2.24, 2.45) is 0 Å². The third kappa shape index (κ3) is 9.39. The van der Waals surface area contributed by atoms with Gasteiger partial charge in [0.25, 0.3) is 0 Å². The topological polar surface area (TPSA) is 24.1 Å². The summed E-state index contributed by atoms with van der Waals surface area (Å²) in [6.45, 7) is 7.09. The van der Waals surface area contributed by atoms with Crippen LogP contribution in [0.15, 0.2) is 0 Å². The summed E-state index contributed by atoms with van der Waals surface area (Å²) in [5, 5.41) is 6.59. The maximum absolute atomic E-state index is 5.10. The lowest BCUT2D eigenvalue weighted by molar-refractivity contribution is 0.490. The molecule has 13 heavy (non-hydrogen) atoms. The normalized spacial score (nSPS) is 12.4. The highest BCUT2D eigenvalue weighted by Gasteiger charge is 1.98. The molecule has 0 fully saturated rings. The Morgan fingerprint density at radius 2 is 2.15 bits per heavy atom. The second-order valence-corrected chi connectivity index (χ2v) is 3.38. The number of nitrogens with one attached hydrogen (secondary N) is 2. The van der Waals surface area contributed by atoms with Crippen LogP contribution in [0.2, 0.25) is 0 Å². The smallest absolute Gasteiger partial charge is 0.0574 e. The molecule has 0 aromatic rings. The molecule has 2 nitrogen and oxygen atoms in total. The van der Waals surface area contributed by atoms with E-state index in [1.54, 1.807) is 0 Å². The first kappa shape index (κ1) is 12.5. The average molecular weight is 182 g/mol. The lowest BCUT2D eigenvalue weighted by atomic mass is 10.1. The van der Waals surface area contributed by atoms with E-state index in [2.05, 4.69) is 30.4 Å². The summed E-state index contributed by atoms with van der Waals surface area (Å²) in [5.41, 5.74) is 0. The van der Waals surface area contributed by atoms with Crippen molar-refractivity contribution >= 4 is 0 Å². The molecule has 0 aliphatic rings. The first-order valence-electron chi connectivity index (χ1n) is 5.18. The summed E-state index contributed by atoms with van der Waals surface area (Å²) in [6.07, 6.45) is 8.96. The first-order valence-corrected chi connectivity index (χ1v) is 5.18. The molecule has 2 N–H and O–H groups in total. The van der Waals surface area contributed by atoms with E-state index in [1.807, 2.05) is 0 Å². The van der Waals surface area contributed by atoms with E-state index >= 15 is 0 Å². The van der Waals surface area contributed by atoms with Gasteiger partial charge in [-0.1, -0.05) is 25.7 Å². The van der Waals surface area contributed by atoms with Crippen LogP contribution in [-0.4, -0.2) is 25.7 Å². The fourth-order valence-corrected chi connectivity index (χ4v) is 1.18. The zero-order chi connectivity index (χ0) is 9.94. The summed E-state index contributed by atoms with van der Waals surface area (Å²) >= 11 is 0. The van der Waals surface area contributed by atoms with E-state index in [0.29, 0.717) is 12.6 Å². The molecule has 0 heterocycles. The second-order valence-electron chi connectivity index (χ2n) is 3.38. The van der Waals surface area contributed by atoms with Crippen molar-refractivity contribution in [2.75, 3.05) is 19.6 Å². The van der Waals surface area contributed by atoms with E-state index < -0.39 is 0 Å². The van der Waals surface area contributed by atoms with Crippen molar-refractivity contribution in [1.82, 2.24) is 10.6 Å². The van der Waals surface area contributed by atoms with Crippen molar-refractivity contribution in [3.05, 3.63) is 0 Å². The van der Waals surface area contributed by atoms with Gasteiger partial charge in [0.05, 0.1) is 6.54 Å². The Labute approximate surface area is 82.5 Å². The van der Waals surface area contributed by atoms with Crippen LogP contribution < -0.4 is 10.6 Å². The fourth-order valence-electron chi connectivity index (χ4n) is 1.18. The van der Waals surface area contributed by atoms with Crippen LogP contribution >= 0.6 is 0 Å². The summed E-state index contributed by atoms with van der Waals surface area (Å²) < 4.78 is 0. The van der Waals surface area contributed by atoms with Gasteiger partial charge in [0, 0.05) is 19.1 Å². The number of rotatable bonds is 8. The Balaban J connectivity index is 3.08. The fraction of sp³-hybridized carbons (Fsp3) is 0.818. The van der Waals surface area contributed by atoms with Gasteiger partial charge >= 0.3 is 0 Å². The molecule has 0 aromatic carbocycles. The van der Waals surface area contributed by atoms with Crippen LogP contribution in [0.1, 0.15) is 33.1 Å². The van der Waals surface area contributed by atoms with Gasteiger partial charge in [-0.25, -0.2) is 0 Å². The minimum Gasteiger partial charge on any atom is -0.313 e. The van der Waals surface area contributed by atoms with Gasteiger partial charge in [-0.3, -0.25) is 0 Å². The Bertz CT molecular complexity index is 138. The van der Waals surface area contributed by atoms with Crippen molar-refractivity contribution < 1.29 is 0 Å². The van der Waals surface area contributed by atoms with E-state index in [4.69, 9.17) is 6.42 Å². The van der Waals surface area contributed by atoms with Gasteiger partial charge in [0.1, 0.15) is 0 Å². The van der Waals surface area contributed by atoms with Crippen molar-refractivity contribution in [2.45, 2.75) is 39.2 Å². The molecule has 1 unspecified atom stereocenters. The second kappa shape index (κ2) is 9.57. The molecule has 0 aliphatic heterocycles. The van der Waals surface area contributed by atoms with Crippen molar-refractivity contribution in [3.63, 3.8) is 0 Å². The van der Waals surface area contributed by atoms with Gasteiger partial charge in [-0.15, -0.1) is 6.42 Å². The summed E-state index contributed by atoms with van der Waals surface area (Å²) in [6, 6.07) is 0.632. The Morgan fingerprint density at radius 3 is 2.77 bits per heavy atom. The molecule has 0 saturated carbocycles. The summed E-state index contributed by atoms with van der Waals surface area (Å²) in [7, 11) is 0. The molecule has 0 saturated heterocycles. The quantitative estimate of drug-likeness (QED) is 0.438. The van der Waals surface area contributed by atoms with Gasteiger partial charge in [-0.2, -0.15) is 0 Å². The van der Waals surface area contributed by atoms with E-state index in [-0.39, 0.29) is 0 Å². The highest BCUT2D eigenvalue weighted by molar-refractivity contribution is 4.86. The van der Waals surface area contributed by atoms with Gasteiger partial charge in [0.15, 0.2) is 0 Å². The van der Waals surface area contributed by atoms with Crippen LogP contribution in [0, 0.1) is 12.3 Å². The van der Waals surface area contributed by atoms with E-state index in [9.17, 15) is 0 Å². The highest BCUT2D eigenvalue weighted by Crippen LogP contribution is 1.98. The number of hydrogen-bond acceptors (Lipinski definition) is 2. The van der Waals surface area contributed by atoms with Crippen molar-refractivity contribution in [3.8, 4) is 12.3 Å². The molecule has 0 amide bonds. The third-order valence-corrected chi connectivity index (χ3v) is 2.01. The standard InChI is InChI=1S/C11H22N2/c1-4-6-7-11(3)13-10-9-12-8-5-2/h2,11-13H,4,6-10H2,1,3H3. The predicted octanol–water partition coefficient (Wildman–Crippen LogP) is 1.38. The Kier molecular flexibility index (Phi) is 9.18. The molecule has 0 aromatic heterocycles. The molecule has 0 bridgehead atoms. The zero-order valence-electron chi connectivity index (χ0n) is 8.90. The number of hydrogen-bond donors (Lipinski definition) is 2. The average Bonchev–Trinajstić information content (AvgIpc) is 2.14. The molecular formula is C11H22N2. The van der Waals surface area contributed by atoms with Gasteiger partial charge in [-0.05, 0) is 13.3 Å². The third-order valence-electron chi connectivity index (χ3n) is 2.01. The predicted molar refractivity (Wildman–Crippen MR) is 58.7 cm³/mol. The van der Waals surface area contributed by atoms with E-state index in [0.717, 1.165) is 13.1 Å². The maximum atomic E-state index is 5.10. The minimum absolute atomic E-state index is 0.632. The highest BCUT2D eigenvalue weighted by atomic mass is 15.0. The SMILES string of the molecule is C#CCNCCNC(C)CCCC. The Hall–Kier alpha value is -0.520. The van der Waals surface area contributed by atoms with Crippen molar-refractivity contribution in [1.29, 1.82) is 0 Å². The first-order chi connectivity index (χ1) is 6.31. The molecule has 0 radical (unpaired) electrons. The van der Waals surface area contributed by atoms with Gasteiger partial charge in [0.2, 0.25) is 0 Å². The number of terminal acetylenes is 1. The van der Waals surface area contributed by atoms with Gasteiger partial charge < -0.3 is 10.6 Å². The largest absolute Gasteiger partial charge is 0.313 e. The lowest BCUT2D eigenvalue weighted by Crippen LogP contribution is -2.33. The minimum atomic E-state index is 0.632. The Morgan fingerprint density at radius 1 is 1.38 bits per heavy atom. The monoisotopic (exact) mass is 182 g/mol.